The number of carbonyl (C=O) groups is 1. The number of aromatic carboxylic acids is 1. The zero-order chi connectivity index (χ0) is 14.6. The molecule has 0 aliphatic rings. The highest BCUT2D eigenvalue weighted by molar-refractivity contribution is 9.10. The molecule has 1 aromatic carbocycles. The van der Waals surface area contributed by atoms with Crippen molar-refractivity contribution in [2.45, 2.75) is 18.2 Å². The molecule has 0 aliphatic carbocycles. The van der Waals surface area contributed by atoms with Gasteiger partial charge in [-0.3, -0.25) is 4.39 Å². The Bertz CT molecular complexity index is 589. The number of nitrogens with one attached hydrogen (secondary N) is 1. The standard InChI is InChI=1S/C11H13BrFNO4S/c1-7-5-8(11(15)16)6-9(10(7)12)19(17,18)14-4-2-3-13/h5-6,14H,2-4H2,1H3,(H,15,16). The maximum absolute atomic E-state index is 12.0. The molecule has 0 aromatic heterocycles. The second kappa shape index (κ2) is 6.44. The number of alkyl halides is 1. The Morgan fingerprint density at radius 1 is 1.47 bits per heavy atom. The zero-order valence-corrected chi connectivity index (χ0v) is 12.5. The van der Waals surface area contributed by atoms with Crippen LogP contribution in [0.2, 0.25) is 0 Å². The second-order valence-electron chi connectivity index (χ2n) is 3.85. The van der Waals surface area contributed by atoms with Crippen molar-refractivity contribution in [3.63, 3.8) is 0 Å². The van der Waals surface area contributed by atoms with E-state index >= 15 is 0 Å². The summed E-state index contributed by atoms with van der Waals surface area (Å²) >= 11 is 3.12. The van der Waals surface area contributed by atoms with E-state index in [9.17, 15) is 17.6 Å². The van der Waals surface area contributed by atoms with Gasteiger partial charge in [0.2, 0.25) is 10.0 Å². The van der Waals surface area contributed by atoms with Gasteiger partial charge in [0.1, 0.15) is 0 Å². The topological polar surface area (TPSA) is 83.5 Å². The Hall–Kier alpha value is -0.990. The van der Waals surface area contributed by atoms with Gasteiger partial charge < -0.3 is 5.11 Å². The highest BCUT2D eigenvalue weighted by Crippen LogP contribution is 2.27. The van der Waals surface area contributed by atoms with Gasteiger partial charge in [0.15, 0.2) is 0 Å². The molecule has 0 saturated carbocycles. The maximum atomic E-state index is 12.0. The summed E-state index contributed by atoms with van der Waals surface area (Å²) < 4.78 is 38.5. The number of carboxylic acids is 1. The first kappa shape index (κ1) is 16.1. The van der Waals surface area contributed by atoms with Crippen LogP contribution in [-0.4, -0.2) is 32.7 Å². The molecular formula is C11H13BrFNO4S. The van der Waals surface area contributed by atoms with Gasteiger partial charge in [-0.1, -0.05) is 0 Å². The van der Waals surface area contributed by atoms with Crippen LogP contribution in [-0.2, 0) is 10.0 Å². The molecule has 0 unspecified atom stereocenters. The van der Waals surface area contributed by atoms with Gasteiger partial charge in [-0.25, -0.2) is 17.9 Å². The normalized spacial score (nSPS) is 11.5. The zero-order valence-electron chi connectivity index (χ0n) is 10.1. The lowest BCUT2D eigenvalue weighted by molar-refractivity contribution is 0.0696. The Labute approximate surface area is 119 Å². The van der Waals surface area contributed by atoms with Crippen LogP contribution >= 0.6 is 15.9 Å². The first-order chi connectivity index (χ1) is 8.79. The molecule has 8 heteroatoms. The van der Waals surface area contributed by atoms with Gasteiger partial charge in [0.05, 0.1) is 17.1 Å². The Morgan fingerprint density at radius 2 is 2.11 bits per heavy atom. The van der Waals surface area contributed by atoms with Gasteiger partial charge in [-0.15, -0.1) is 0 Å². The Morgan fingerprint density at radius 3 is 2.63 bits per heavy atom. The SMILES string of the molecule is Cc1cc(C(=O)O)cc(S(=O)(=O)NCCCF)c1Br. The third-order valence-corrected chi connectivity index (χ3v) is 5.16. The molecule has 0 saturated heterocycles. The summed E-state index contributed by atoms with van der Waals surface area (Å²) in [4.78, 5) is 10.8. The molecule has 2 N–H and O–H groups in total. The van der Waals surface area contributed by atoms with Crippen molar-refractivity contribution in [1.82, 2.24) is 4.72 Å². The first-order valence-corrected chi connectivity index (χ1v) is 7.66. The molecule has 0 bridgehead atoms. The van der Waals surface area contributed by atoms with E-state index < -0.39 is 22.7 Å². The molecule has 19 heavy (non-hydrogen) atoms. The predicted molar refractivity (Wildman–Crippen MR) is 71.6 cm³/mol. The third kappa shape index (κ3) is 3.99. The summed E-state index contributed by atoms with van der Waals surface area (Å²) in [6.45, 7) is 0.927. The van der Waals surface area contributed by atoms with E-state index in [0.717, 1.165) is 6.07 Å². The molecule has 106 valence electrons. The van der Waals surface area contributed by atoms with Crippen LogP contribution in [0.15, 0.2) is 21.5 Å². The van der Waals surface area contributed by atoms with Gasteiger partial charge >= 0.3 is 5.97 Å². The number of halogens is 2. The third-order valence-electron chi connectivity index (χ3n) is 2.36. The van der Waals surface area contributed by atoms with E-state index in [-0.39, 0.29) is 23.4 Å². The number of aryl methyl sites for hydroxylation is 1. The van der Waals surface area contributed by atoms with E-state index in [4.69, 9.17) is 5.11 Å². The lowest BCUT2D eigenvalue weighted by atomic mass is 10.1. The van der Waals surface area contributed by atoms with Crippen LogP contribution in [0.4, 0.5) is 4.39 Å². The summed E-state index contributed by atoms with van der Waals surface area (Å²) in [5, 5.41) is 8.92. The molecule has 0 radical (unpaired) electrons. The summed E-state index contributed by atoms with van der Waals surface area (Å²) in [5.41, 5.74) is 0.373. The van der Waals surface area contributed by atoms with Crippen molar-refractivity contribution < 1.29 is 22.7 Å². The number of carboxylic acid groups (broad SMARTS) is 1. The largest absolute Gasteiger partial charge is 0.478 e. The van der Waals surface area contributed by atoms with Crippen molar-refractivity contribution in [3.8, 4) is 0 Å². The molecule has 0 fully saturated rings. The van der Waals surface area contributed by atoms with Gasteiger partial charge in [-0.2, -0.15) is 0 Å². The monoisotopic (exact) mass is 353 g/mol. The van der Waals surface area contributed by atoms with Crippen molar-refractivity contribution in [2.75, 3.05) is 13.2 Å². The van der Waals surface area contributed by atoms with Crippen LogP contribution in [0.3, 0.4) is 0 Å². The van der Waals surface area contributed by atoms with E-state index in [1.165, 1.54) is 6.07 Å². The van der Waals surface area contributed by atoms with Gasteiger partial charge in [0.25, 0.3) is 0 Å². The fraction of sp³-hybridized carbons (Fsp3) is 0.364. The van der Waals surface area contributed by atoms with Crippen molar-refractivity contribution >= 4 is 31.9 Å². The molecule has 0 atom stereocenters. The number of hydrogen-bond donors (Lipinski definition) is 2. The number of hydrogen-bond acceptors (Lipinski definition) is 3. The van der Waals surface area contributed by atoms with Gasteiger partial charge in [0, 0.05) is 11.0 Å². The number of benzene rings is 1. The molecular weight excluding hydrogens is 341 g/mol. The van der Waals surface area contributed by atoms with Crippen LogP contribution in [0.1, 0.15) is 22.3 Å². The second-order valence-corrected chi connectivity index (χ2v) is 6.38. The molecule has 0 amide bonds. The molecule has 0 heterocycles. The van der Waals surface area contributed by atoms with E-state index in [0.29, 0.717) is 10.0 Å². The van der Waals surface area contributed by atoms with Crippen molar-refractivity contribution in [1.29, 1.82) is 0 Å². The minimum absolute atomic E-state index is 0.0401. The average molecular weight is 354 g/mol. The fourth-order valence-corrected chi connectivity index (χ4v) is 3.52. The van der Waals surface area contributed by atoms with Crippen LogP contribution < -0.4 is 4.72 Å². The highest BCUT2D eigenvalue weighted by atomic mass is 79.9. The van der Waals surface area contributed by atoms with Crippen molar-refractivity contribution in [2.24, 2.45) is 0 Å². The maximum Gasteiger partial charge on any atom is 0.335 e. The minimum Gasteiger partial charge on any atom is -0.478 e. The van der Waals surface area contributed by atoms with E-state index in [1.807, 2.05) is 0 Å². The lowest BCUT2D eigenvalue weighted by Gasteiger charge is -2.11. The van der Waals surface area contributed by atoms with E-state index in [1.54, 1.807) is 6.92 Å². The van der Waals surface area contributed by atoms with Gasteiger partial charge in [-0.05, 0) is 47.0 Å². The highest BCUT2D eigenvalue weighted by Gasteiger charge is 2.21. The molecule has 5 nitrogen and oxygen atoms in total. The lowest BCUT2D eigenvalue weighted by Crippen LogP contribution is -2.26. The number of rotatable bonds is 6. The predicted octanol–water partition coefficient (Wildman–Crippen LogP) is 2.09. The Balaban J connectivity index is 3.21. The van der Waals surface area contributed by atoms with Crippen molar-refractivity contribution in [3.05, 3.63) is 27.7 Å². The van der Waals surface area contributed by atoms with E-state index in [2.05, 4.69) is 20.7 Å². The quantitative estimate of drug-likeness (QED) is 0.767. The summed E-state index contributed by atoms with van der Waals surface area (Å²) in [6, 6.07) is 2.43. The number of sulfonamides is 1. The molecule has 1 rings (SSSR count). The molecule has 0 aliphatic heterocycles. The Kier molecular flexibility index (Phi) is 5.45. The summed E-state index contributed by atoms with van der Waals surface area (Å²) in [7, 11) is -3.87. The molecule has 0 spiro atoms. The van der Waals surface area contributed by atoms with Crippen LogP contribution in [0.5, 0.6) is 0 Å². The first-order valence-electron chi connectivity index (χ1n) is 5.38. The summed E-state index contributed by atoms with van der Waals surface area (Å²) in [6.07, 6.45) is 0.0639. The van der Waals surface area contributed by atoms with Crippen LogP contribution in [0.25, 0.3) is 0 Å². The average Bonchev–Trinajstić information content (AvgIpc) is 2.32. The smallest absolute Gasteiger partial charge is 0.335 e. The van der Waals surface area contributed by atoms with Crippen LogP contribution in [0, 0.1) is 6.92 Å². The molecule has 1 aromatic rings. The summed E-state index contributed by atoms with van der Waals surface area (Å²) in [5.74, 6) is -1.21. The minimum atomic E-state index is -3.87. The fourth-order valence-electron chi connectivity index (χ4n) is 1.41.